The third-order valence-corrected chi connectivity index (χ3v) is 5.86. The second-order valence-corrected chi connectivity index (χ2v) is 7.83. The molecule has 4 aromatic rings. The maximum Gasteiger partial charge on any atom is 0.253 e. The number of aromatic amines is 1. The number of H-pyrrole nitrogens is 1. The number of methoxy groups -OCH3 is 1. The number of hydrogen-bond donors (Lipinski definition) is 1. The van der Waals surface area contributed by atoms with Crippen molar-refractivity contribution in [2.24, 2.45) is 0 Å². The number of rotatable bonds is 6. The molecule has 0 bridgehead atoms. The highest BCUT2D eigenvalue weighted by Gasteiger charge is 2.32. The minimum absolute atomic E-state index is 0.121. The molecule has 1 atom stereocenters. The average molecular weight is 416 g/mol. The molecule has 0 aliphatic carbocycles. The summed E-state index contributed by atoms with van der Waals surface area (Å²) in [6.45, 7) is 2.35. The fourth-order valence-corrected chi connectivity index (χ4v) is 4.31. The maximum absolute atomic E-state index is 13.2. The number of tetrazole rings is 1. The molecule has 1 aliphatic rings. The zero-order valence-corrected chi connectivity index (χ0v) is 17.4. The number of fused-ring (bicyclic) bond motifs is 1. The Morgan fingerprint density at radius 2 is 1.90 bits per heavy atom. The van der Waals surface area contributed by atoms with Crippen LogP contribution in [0.4, 0.5) is 0 Å². The molecule has 0 radical (unpaired) electrons. The van der Waals surface area contributed by atoms with Gasteiger partial charge in [-0.3, -0.25) is 9.69 Å². The topological polar surface area (TPSA) is 88.9 Å². The number of aromatic nitrogens is 5. The van der Waals surface area contributed by atoms with E-state index in [2.05, 4.69) is 25.4 Å². The van der Waals surface area contributed by atoms with Crippen molar-refractivity contribution in [1.29, 1.82) is 0 Å². The van der Waals surface area contributed by atoms with E-state index in [1.54, 1.807) is 11.8 Å². The van der Waals surface area contributed by atoms with Crippen LogP contribution >= 0.6 is 0 Å². The van der Waals surface area contributed by atoms with Crippen LogP contribution in [0.25, 0.3) is 10.9 Å². The van der Waals surface area contributed by atoms with E-state index in [1.165, 1.54) is 0 Å². The fraction of sp³-hybridized carbons (Fsp3) is 0.304. The summed E-state index contributed by atoms with van der Waals surface area (Å²) in [4.78, 5) is 18.5. The Labute approximate surface area is 179 Å². The van der Waals surface area contributed by atoms with E-state index < -0.39 is 0 Å². The van der Waals surface area contributed by atoms with E-state index in [1.807, 2.05) is 54.6 Å². The lowest BCUT2D eigenvalue weighted by molar-refractivity contribution is 0.263. The average Bonchev–Trinajstić information content (AvgIpc) is 3.48. The molecule has 2 aromatic carbocycles. The third kappa shape index (κ3) is 3.82. The van der Waals surface area contributed by atoms with E-state index in [0.29, 0.717) is 17.9 Å². The molecule has 5 rings (SSSR count). The zero-order valence-electron chi connectivity index (χ0n) is 17.4. The van der Waals surface area contributed by atoms with Crippen LogP contribution in [0.1, 0.15) is 35.8 Å². The van der Waals surface area contributed by atoms with Gasteiger partial charge < -0.3 is 9.72 Å². The Balaban J connectivity index is 1.62. The highest BCUT2D eigenvalue weighted by Crippen LogP contribution is 2.30. The van der Waals surface area contributed by atoms with Crippen molar-refractivity contribution in [2.75, 3.05) is 20.2 Å². The normalized spacial score (nSPS) is 15.4. The van der Waals surface area contributed by atoms with E-state index in [9.17, 15) is 4.79 Å². The van der Waals surface area contributed by atoms with Crippen molar-refractivity contribution in [3.05, 3.63) is 81.9 Å². The Morgan fingerprint density at radius 1 is 1.10 bits per heavy atom. The summed E-state index contributed by atoms with van der Waals surface area (Å²) in [5.74, 6) is 1.43. The zero-order chi connectivity index (χ0) is 21.2. The fourth-order valence-electron chi connectivity index (χ4n) is 4.31. The quantitative estimate of drug-likeness (QED) is 0.520. The van der Waals surface area contributed by atoms with Crippen molar-refractivity contribution in [3.8, 4) is 5.75 Å². The van der Waals surface area contributed by atoms with Crippen molar-refractivity contribution in [3.63, 3.8) is 0 Å². The van der Waals surface area contributed by atoms with Gasteiger partial charge in [0.25, 0.3) is 5.56 Å². The first kappa shape index (κ1) is 19.4. The number of nitrogens with one attached hydrogen (secondary N) is 1. The van der Waals surface area contributed by atoms with Gasteiger partial charge in [-0.25, -0.2) is 4.68 Å². The molecule has 1 N–H and O–H groups in total. The molecule has 1 fully saturated rings. The SMILES string of the molecule is COc1ccc2[nH]c(=O)c(C(c3nnnn3Cc3ccccc3)N3CCCC3)cc2c1. The van der Waals surface area contributed by atoms with Gasteiger partial charge in [0.15, 0.2) is 5.82 Å². The second kappa shape index (κ2) is 8.31. The van der Waals surface area contributed by atoms with Crippen LogP contribution in [-0.2, 0) is 6.54 Å². The van der Waals surface area contributed by atoms with Crippen molar-refractivity contribution >= 4 is 10.9 Å². The molecule has 8 heteroatoms. The molecule has 0 amide bonds. The van der Waals surface area contributed by atoms with Gasteiger partial charge in [-0.1, -0.05) is 30.3 Å². The predicted octanol–water partition coefficient (Wildman–Crippen LogP) is 2.76. The van der Waals surface area contributed by atoms with Crippen molar-refractivity contribution < 1.29 is 4.74 Å². The first-order chi connectivity index (χ1) is 15.2. The lowest BCUT2D eigenvalue weighted by Gasteiger charge is -2.26. The van der Waals surface area contributed by atoms with Gasteiger partial charge in [0.05, 0.1) is 13.7 Å². The highest BCUT2D eigenvalue weighted by molar-refractivity contribution is 5.80. The number of hydrogen-bond acceptors (Lipinski definition) is 6. The van der Waals surface area contributed by atoms with Crippen LogP contribution in [-0.4, -0.2) is 50.3 Å². The molecule has 31 heavy (non-hydrogen) atoms. The number of benzene rings is 2. The molecule has 1 saturated heterocycles. The third-order valence-electron chi connectivity index (χ3n) is 5.86. The van der Waals surface area contributed by atoms with Crippen LogP contribution < -0.4 is 10.3 Å². The molecule has 158 valence electrons. The lowest BCUT2D eigenvalue weighted by Crippen LogP contribution is -2.33. The van der Waals surface area contributed by atoms with Crippen molar-refractivity contribution in [1.82, 2.24) is 30.1 Å². The summed E-state index contributed by atoms with van der Waals surface area (Å²) in [6.07, 6.45) is 2.19. The summed E-state index contributed by atoms with van der Waals surface area (Å²) in [6, 6.07) is 17.3. The largest absolute Gasteiger partial charge is 0.497 e. The summed E-state index contributed by atoms with van der Waals surface area (Å²) in [5, 5.41) is 13.5. The molecule has 0 saturated carbocycles. The minimum Gasteiger partial charge on any atom is -0.497 e. The van der Waals surface area contributed by atoms with Crippen LogP contribution in [0, 0.1) is 0 Å². The van der Waals surface area contributed by atoms with Gasteiger partial charge >= 0.3 is 0 Å². The molecule has 2 aromatic heterocycles. The summed E-state index contributed by atoms with van der Waals surface area (Å²) < 4.78 is 7.17. The van der Waals surface area contributed by atoms with Crippen LogP contribution in [0.3, 0.4) is 0 Å². The molecular formula is C23H24N6O2. The van der Waals surface area contributed by atoms with Gasteiger partial charge in [0, 0.05) is 16.5 Å². The van der Waals surface area contributed by atoms with Crippen molar-refractivity contribution in [2.45, 2.75) is 25.4 Å². The summed E-state index contributed by atoms with van der Waals surface area (Å²) >= 11 is 0. The Hall–Kier alpha value is -3.52. The summed E-state index contributed by atoms with van der Waals surface area (Å²) in [7, 11) is 1.64. The molecule has 1 unspecified atom stereocenters. The van der Waals surface area contributed by atoms with Gasteiger partial charge in [-0.2, -0.15) is 0 Å². The van der Waals surface area contributed by atoms with E-state index in [0.717, 1.165) is 48.1 Å². The van der Waals surface area contributed by atoms with Crippen LogP contribution in [0.5, 0.6) is 5.75 Å². The lowest BCUT2D eigenvalue weighted by atomic mass is 10.0. The Morgan fingerprint density at radius 3 is 2.68 bits per heavy atom. The van der Waals surface area contributed by atoms with Crippen LogP contribution in [0.15, 0.2) is 59.4 Å². The number of nitrogens with zero attached hydrogens (tertiary/aromatic N) is 5. The van der Waals surface area contributed by atoms with Gasteiger partial charge in [0.2, 0.25) is 0 Å². The Kier molecular flexibility index (Phi) is 5.21. The maximum atomic E-state index is 13.2. The smallest absolute Gasteiger partial charge is 0.253 e. The first-order valence-electron chi connectivity index (χ1n) is 10.5. The van der Waals surface area contributed by atoms with Gasteiger partial charge in [-0.05, 0) is 66.2 Å². The molecule has 0 spiro atoms. The number of likely N-dealkylation sites (tertiary alicyclic amines) is 1. The van der Waals surface area contributed by atoms with E-state index in [-0.39, 0.29) is 11.6 Å². The highest BCUT2D eigenvalue weighted by atomic mass is 16.5. The molecule has 8 nitrogen and oxygen atoms in total. The minimum atomic E-state index is -0.319. The van der Waals surface area contributed by atoms with E-state index >= 15 is 0 Å². The first-order valence-corrected chi connectivity index (χ1v) is 10.5. The molecule has 1 aliphatic heterocycles. The van der Waals surface area contributed by atoms with Crippen LogP contribution in [0.2, 0.25) is 0 Å². The monoisotopic (exact) mass is 416 g/mol. The number of ether oxygens (including phenoxy) is 1. The van der Waals surface area contributed by atoms with E-state index in [4.69, 9.17) is 4.74 Å². The van der Waals surface area contributed by atoms with Gasteiger partial charge in [0.1, 0.15) is 11.8 Å². The summed E-state index contributed by atoms with van der Waals surface area (Å²) in [5.41, 5.74) is 2.41. The second-order valence-electron chi connectivity index (χ2n) is 7.83. The number of pyridine rings is 1. The molecular weight excluding hydrogens is 392 g/mol. The Bertz CT molecular complexity index is 1240. The predicted molar refractivity (Wildman–Crippen MR) is 117 cm³/mol. The van der Waals surface area contributed by atoms with Gasteiger partial charge in [-0.15, -0.1) is 5.10 Å². The standard InChI is InChI=1S/C23H24N6O2/c1-31-18-9-10-20-17(13-18)14-19(23(30)24-20)21(28-11-5-6-12-28)22-25-26-27-29(22)15-16-7-3-2-4-8-16/h2-4,7-10,13-14,21H,5-6,11-12,15H2,1H3,(H,24,30). The molecule has 3 heterocycles.